The van der Waals surface area contributed by atoms with Gasteiger partial charge in [-0.25, -0.2) is 0 Å². The fraction of sp³-hybridized carbons (Fsp3) is 0. The highest BCUT2D eigenvalue weighted by Gasteiger charge is 2.41. The van der Waals surface area contributed by atoms with Crippen molar-refractivity contribution in [2.24, 2.45) is 0 Å². The van der Waals surface area contributed by atoms with Gasteiger partial charge in [-0.15, -0.1) is 11.3 Å². The number of nitrogens with zero attached hydrogens (tertiary/aromatic N) is 2. The average Bonchev–Trinajstić information content (AvgIpc) is 4.03. The van der Waals surface area contributed by atoms with Crippen molar-refractivity contribution in [1.82, 2.24) is 9.13 Å². The predicted molar refractivity (Wildman–Crippen MR) is 277 cm³/mol. The zero-order chi connectivity index (χ0) is 42.2. The van der Waals surface area contributed by atoms with Gasteiger partial charge in [-0.3, -0.25) is 0 Å². The third-order valence-corrected chi connectivity index (χ3v) is 19.5. The number of hydrogen-bond donors (Lipinski definition) is 0. The zero-order valence-corrected chi connectivity index (χ0v) is 36.7. The average molecular weight is 849 g/mol. The van der Waals surface area contributed by atoms with Gasteiger partial charge < -0.3 is 9.13 Å². The lowest BCUT2D eigenvalue weighted by Gasteiger charge is -2.34. The van der Waals surface area contributed by atoms with Gasteiger partial charge in [-0.1, -0.05) is 188 Å². The van der Waals surface area contributed by atoms with Gasteiger partial charge >= 0.3 is 0 Å². The highest BCUT2D eigenvalue weighted by molar-refractivity contribution is 7.26. The zero-order valence-electron chi connectivity index (χ0n) is 34.9. The predicted octanol–water partition coefficient (Wildman–Crippen LogP) is 13.3. The molecule has 300 valence electrons. The molecule has 64 heavy (non-hydrogen) atoms. The molecule has 0 fully saturated rings. The smallest absolute Gasteiger partial charge is 0.179 e. The standard InChI is InChI=1S/C60H40N2SSi/c1-4-19-44(20-5-1)64(45-21-6-2-7-22-45,46-23-8-3-9-24-46)47-25-16-18-42(39-47)62-55-31-13-10-26-49(55)51-36-35-43(40-58(51)62)61-56-32-14-11-27-50(56)54-38-41(34-37-57(54)61)48-29-17-30-53-52-28-12-15-33-59(52)63-60(48)53/h1-40H. The maximum atomic E-state index is 2.50. The van der Waals surface area contributed by atoms with E-state index in [1.165, 1.54) is 95.7 Å². The monoisotopic (exact) mass is 848 g/mol. The Morgan fingerprint density at radius 1 is 0.297 bits per heavy atom. The summed E-state index contributed by atoms with van der Waals surface area (Å²) in [6.45, 7) is 0. The van der Waals surface area contributed by atoms with Crippen LogP contribution in [0.15, 0.2) is 243 Å². The molecule has 2 nitrogen and oxygen atoms in total. The number of thiophene rings is 1. The van der Waals surface area contributed by atoms with Gasteiger partial charge in [0.15, 0.2) is 8.07 Å². The van der Waals surface area contributed by atoms with Crippen LogP contribution >= 0.6 is 11.3 Å². The fourth-order valence-electron chi connectivity index (χ4n) is 10.7. The molecular weight excluding hydrogens is 809 g/mol. The fourth-order valence-corrected chi connectivity index (χ4v) is 16.7. The van der Waals surface area contributed by atoms with E-state index in [0.717, 1.165) is 11.4 Å². The third-order valence-electron chi connectivity index (χ3n) is 13.5. The SMILES string of the molecule is c1ccc([Si](c2ccccc2)(c2ccccc2)c2cccc(-n3c4ccccc4c4ccc(-n5c6ccccc6c6cc(-c7cccc8c7sc7ccccc78)ccc65)cc43)c2)cc1. The number of rotatable bonds is 7. The Morgan fingerprint density at radius 2 is 0.797 bits per heavy atom. The van der Waals surface area contributed by atoms with Crippen molar-refractivity contribution in [3.8, 4) is 22.5 Å². The molecule has 0 saturated heterocycles. The van der Waals surface area contributed by atoms with E-state index in [2.05, 4.69) is 252 Å². The number of fused-ring (bicyclic) bond motifs is 9. The molecule has 0 aliphatic heterocycles. The van der Waals surface area contributed by atoms with Crippen molar-refractivity contribution in [2.45, 2.75) is 0 Å². The van der Waals surface area contributed by atoms with Crippen molar-refractivity contribution < 1.29 is 0 Å². The molecular formula is C60H40N2SSi. The minimum Gasteiger partial charge on any atom is -0.309 e. The molecule has 0 aliphatic rings. The molecule has 0 spiro atoms. The van der Waals surface area contributed by atoms with E-state index in [1.807, 2.05) is 11.3 Å². The molecule has 0 aliphatic carbocycles. The lowest BCUT2D eigenvalue weighted by Crippen LogP contribution is -2.74. The summed E-state index contributed by atoms with van der Waals surface area (Å²) in [5.41, 5.74) is 9.59. The summed E-state index contributed by atoms with van der Waals surface area (Å²) in [4.78, 5) is 0. The largest absolute Gasteiger partial charge is 0.309 e. The highest BCUT2D eigenvalue weighted by atomic mass is 32.1. The molecule has 3 aromatic heterocycles. The number of hydrogen-bond acceptors (Lipinski definition) is 1. The molecule has 0 amide bonds. The van der Waals surface area contributed by atoms with Gasteiger partial charge in [0.25, 0.3) is 0 Å². The van der Waals surface area contributed by atoms with Crippen molar-refractivity contribution in [3.05, 3.63) is 243 Å². The van der Waals surface area contributed by atoms with Crippen LogP contribution in [0.1, 0.15) is 0 Å². The van der Waals surface area contributed by atoms with Gasteiger partial charge in [-0.05, 0) is 86.5 Å². The first-order valence-corrected chi connectivity index (χ1v) is 24.8. The van der Waals surface area contributed by atoms with Crippen molar-refractivity contribution in [1.29, 1.82) is 0 Å². The molecule has 13 rings (SSSR count). The van der Waals surface area contributed by atoms with Crippen molar-refractivity contribution >= 4 is 104 Å². The molecule has 0 N–H and O–H groups in total. The highest BCUT2D eigenvalue weighted by Crippen LogP contribution is 2.42. The minimum atomic E-state index is -2.76. The first kappa shape index (κ1) is 36.9. The Labute approximate surface area is 376 Å². The molecule has 3 heterocycles. The van der Waals surface area contributed by atoms with Crippen molar-refractivity contribution in [3.63, 3.8) is 0 Å². The maximum Gasteiger partial charge on any atom is 0.179 e. The molecule has 10 aromatic carbocycles. The molecule has 0 atom stereocenters. The molecule has 0 saturated carbocycles. The Balaban J connectivity index is 1.03. The minimum absolute atomic E-state index is 1.14. The van der Waals surface area contributed by atoms with Crippen molar-refractivity contribution in [2.75, 3.05) is 0 Å². The second-order valence-electron chi connectivity index (χ2n) is 16.8. The van der Waals surface area contributed by atoms with E-state index >= 15 is 0 Å². The molecule has 13 aromatic rings. The van der Waals surface area contributed by atoms with Gasteiger partial charge in [0.05, 0.1) is 22.1 Å². The summed E-state index contributed by atoms with van der Waals surface area (Å²) in [5, 5.41) is 13.1. The second-order valence-corrected chi connectivity index (χ2v) is 21.7. The summed E-state index contributed by atoms with van der Waals surface area (Å²) < 4.78 is 7.62. The van der Waals surface area contributed by atoms with Crippen LogP contribution in [0.25, 0.3) is 86.3 Å². The Hall–Kier alpha value is -7.76. The number of aromatic nitrogens is 2. The summed E-state index contributed by atoms with van der Waals surface area (Å²) >= 11 is 1.89. The number of benzene rings is 10. The Morgan fingerprint density at radius 3 is 1.48 bits per heavy atom. The van der Waals surface area contributed by atoms with Crippen LogP contribution in [0, 0.1) is 0 Å². The van der Waals surface area contributed by atoms with E-state index in [4.69, 9.17) is 0 Å². The normalized spacial score (nSPS) is 12.1. The van der Waals surface area contributed by atoms with Crippen LogP contribution in [-0.2, 0) is 0 Å². The first-order chi connectivity index (χ1) is 31.8. The van der Waals surface area contributed by atoms with Crippen LogP contribution in [0.3, 0.4) is 0 Å². The quantitative estimate of drug-likeness (QED) is 0.112. The summed E-state index contributed by atoms with van der Waals surface area (Å²) in [5.74, 6) is 0. The maximum absolute atomic E-state index is 2.76. The van der Waals surface area contributed by atoms with E-state index in [9.17, 15) is 0 Å². The van der Waals surface area contributed by atoms with E-state index in [-0.39, 0.29) is 0 Å². The van der Waals surface area contributed by atoms with Gasteiger partial charge in [-0.2, -0.15) is 0 Å². The lowest BCUT2D eigenvalue weighted by atomic mass is 10.0. The van der Waals surface area contributed by atoms with E-state index < -0.39 is 8.07 Å². The molecule has 0 radical (unpaired) electrons. The van der Waals surface area contributed by atoms with E-state index in [1.54, 1.807) is 0 Å². The Kier molecular flexibility index (Phi) is 8.45. The Bertz CT molecular complexity index is 3800. The third kappa shape index (κ3) is 5.50. The second kappa shape index (κ2) is 14.7. The van der Waals surface area contributed by atoms with Gasteiger partial charge in [0.1, 0.15) is 0 Å². The summed E-state index contributed by atoms with van der Waals surface area (Å²) in [6.07, 6.45) is 0. The molecule has 0 unspecified atom stereocenters. The van der Waals surface area contributed by atoms with Gasteiger partial charge in [0, 0.05) is 53.1 Å². The molecule has 4 heteroatoms. The van der Waals surface area contributed by atoms with Gasteiger partial charge in [0.2, 0.25) is 0 Å². The lowest BCUT2D eigenvalue weighted by molar-refractivity contribution is 1.16. The summed E-state index contributed by atoms with van der Waals surface area (Å²) in [6, 6.07) is 90.5. The van der Waals surface area contributed by atoms with Crippen LogP contribution in [-0.4, -0.2) is 17.2 Å². The number of para-hydroxylation sites is 2. The van der Waals surface area contributed by atoms with Crippen LogP contribution in [0.4, 0.5) is 0 Å². The van der Waals surface area contributed by atoms with E-state index in [0.29, 0.717) is 0 Å². The topological polar surface area (TPSA) is 9.86 Å². The first-order valence-electron chi connectivity index (χ1n) is 22.0. The summed E-state index contributed by atoms with van der Waals surface area (Å²) in [7, 11) is -2.76. The van der Waals surface area contributed by atoms with Crippen LogP contribution < -0.4 is 20.7 Å². The molecule has 0 bridgehead atoms. The van der Waals surface area contributed by atoms with Crippen LogP contribution in [0.2, 0.25) is 0 Å². The van der Waals surface area contributed by atoms with Crippen LogP contribution in [0.5, 0.6) is 0 Å².